The molecule has 0 atom stereocenters. The van der Waals surface area contributed by atoms with E-state index in [-0.39, 0.29) is 22.3 Å². The Morgan fingerprint density at radius 3 is 1.56 bits per heavy atom. The van der Waals surface area contributed by atoms with Crippen LogP contribution in [0.15, 0.2) is 78.9 Å². The van der Waals surface area contributed by atoms with Crippen LogP contribution in [-0.4, -0.2) is 7.11 Å². The molecule has 0 aliphatic carbocycles. The van der Waals surface area contributed by atoms with Gasteiger partial charge in [-0.25, -0.2) is 17.6 Å². The molecule has 5 rings (SSSR count). The molecule has 5 heteroatoms. The fourth-order valence-electron chi connectivity index (χ4n) is 4.26. The Balaban J connectivity index is 2.04. The number of hydrogen-bond donors (Lipinski definition) is 0. The number of fused-ring (bicyclic) bond motifs is 2. The normalized spacial score (nSPS) is 11.3. The van der Waals surface area contributed by atoms with Gasteiger partial charge in [-0.2, -0.15) is 0 Å². The molecule has 0 spiro atoms. The number of ether oxygens (including phenoxy) is 1. The Kier molecular flexibility index (Phi) is 4.82. The largest absolute Gasteiger partial charge is 0.497 e. The minimum atomic E-state index is -1.10. The lowest BCUT2D eigenvalue weighted by atomic mass is 9.85. The van der Waals surface area contributed by atoms with Gasteiger partial charge in [0.1, 0.15) is 17.4 Å². The molecule has 0 aliphatic rings. The molecule has 158 valence electrons. The molecular formula is C27H16F4O. The van der Waals surface area contributed by atoms with Crippen LogP contribution in [0.5, 0.6) is 5.75 Å². The summed E-state index contributed by atoms with van der Waals surface area (Å²) in [4.78, 5) is 0. The Hall–Kier alpha value is -3.86. The quantitative estimate of drug-likeness (QED) is 0.208. The molecule has 32 heavy (non-hydrogen) atoms. The van der Waals surface area contributed by atoms with E-state index in [0.29, 0.717) is 21.7 Å². The van der Waals surface area contributed by atoms with Crippen molar-refractivity contribution in [1.82, 2.24) is 0 Å². The van der Waals surface area contributed by atoms with E-state index in [9.17, 15) is 8.78 Å². The van der Waals surface area contributed by atoms with Crippen LogP contribution in [-0.2, 0) is 0 Å². The maximum atomic E-state index is 15.2. The zero-order valence-electron chi connectivity index (χ0n) is 16.9. The SMILES string of the molecule is COc1cc(F)c(-c2c3ccccc3c(-c3ccccc3)c3cc(F)c(F)cc23)c(F)c1. The van der Waals surface area contributed by atoms with Crippen LogP contribution < -0.4 is 4.74 Å². The number of methoxy groups -OCH3 is 1. The van der Waals surface area contributed by atoms with Gasteiger partial charge in [0.15, 0.2) is 11.6 Å². The highest BCUT2D eigenvalue weighted by Crippen LogP contribution is 2.45. The molecule has 5 aromatic carbocycles. The third-order valence-corrected chi connectivity index (χ3v) is 5.63. The second-order valence-corrected chi connectivity index (χ2v) is 7.44. The lowest BCUT2D eigenvalue weighted by Crippen LogP contribution is -1.98. The van der Waals surface area contributed by atoms with Crippen molar-refractivity contribution in [3.63, 3.8) is 0 Å². The third-order valence-electron chi connectivity index (χ3n) is 5.63. The fraction of sp³-hybridized carbons (Fsp3) is 0.0370. The Labute approximate surface area is 181 Å². The number of benzene rings is 5. The summed E-state index contributed by atoms with van der Waals surface area (Å²) in [5, 5.41) is 1.76. The first-order chi connectivity index (χ1) is 15.5. The first-order valence-electron chi connectivity index (χ1n) is 9.92. The summed E-state index contributed by atoms with van der Waals surface area (Å²) in [6.07, 6.45) is 0. The summed E-state index contributed by atoms with van der Waals surface area (Å²) in [6.45, 7) is 0. The van der Waals surface area contributed by atoms with Gasteiger partial charge >= 0.3 is 0 Å². The average Bonchev–Trinajstić information content (AvgIpc) is 2.80. The molecule has 0 amide bonds. The average molecular weight is 432 g/mol. The van der Waals surface area contributed by atoms with Crippen LogP contribution in [0.1, 0.15) is 0 Å². The smallest absolute Gasteiger partial charge is 0.159 e. The number of rotatable bonds is 3. The second-order valence-electron chi connectivity index (χ2n) is 7.44. The van der Waals surface area contributed by atoms with Crippen LogP contribution >= 0.6 is 0 Å². The van der Waals surface area contributed by atoms with Crippen molar-refractivity contribution in [2.45, 2.75) is 0 Å². The van der Waals surface area contributed by atoms with E-state index in [2.05, 4.69) is 0 Å². The third kappa shape index (κ3) is 3.09. The van der Waals surface area contributed by atoms with E-state index in [4.69, 9.17) is 4.74 Å². The summed E-state index contributed by atoms with van der Waals surface area (Å²) >= 11 is 0. The van der Waals surface area contributed by atoms with Gasteiger partial charge in [0, 0.05) is 17.7 Å². The zero-order chi connectivity index (χ0) is 22.4. The molecule has 0 heterocycles. The number of halogens is 4. The highest BCUT2D eigenvalue weighted by Gasteiger charge is 2.23. The summed E-state index contributed by atoms with van der Waals surface area (Å²) in [5.74, 6) is -3.82. The molecule has 1 nitrogen and oxygen atoms in total. The molecule has 0 saturated carbocycles. The van der Waals surface area contributed by atoms with Crippen LogP contribution in [0, 0.1) is 23.3 Å². The molecule has 0 radical (unpaired) electrons. The van der Waals surface area contributed by atoms with E-state index in [1.807, 2.05) is 30.3 Å². The number of hydrogen-bond acceptors (Lipinski definition) is 1. The van der Waals surface area contributed by atoms with E-state index < -0.39 is 23.3 Å². The first-order valence-corrected chi connectivity index (χ1v) is 9.92. The zero-order valence-corrected chi connectivity index (χ0v) is 16.9. The molecule has 0 saturated heterocycles. The maximum Gasteiger partial charge on any atom is 0.159 e. The van der Waals surface area contributed by atoms with Crippen LogP contribution in [0.4, 0.5) is 17.6 Å². The lowest BCUT2D eigenvalue weighted by molar-refractivity contribution is 0.407. The molecular weight excluding hydrogens is 416 g/mol. The monoisotopic (exact) mass is 432 g/mol. The molecule has 0 unspecified atom stereocenters. The standard InChI is InChI=1S/C27H16F4O/c1-32-16-11-23(30)27(24(31)12-16)26-18-10-6-5-9-17(18)25(15-7-3-2-4-8-15)19-13-21(28)22(29)14-20(19)26/h2-14H,1H3. The Morgan fingerprint density at radius 1 is 0.500 bits per heavy atom. The predicted molar refractivity (Wildman–Crippen MR) is 119 cm³/mol. The second kappa shape index (κ2) is 7.68. The van der Waals surface area contributed by atoms with Crippen molar-refractivity contribution < 1.29 is 22.3 Å². The predicted octanol–water partition coefficient (Wildman–Crippen LogP) is 7.89. The van der Waals surface area contributed by atoms with Crippen molar-refractivity contribution in [3.8, 4) is 28.0 Å². The molecule has 0 bridgehead atoms. The van der Waals surface area contributed by atoms with Gasteiger partial charge in [0.25, 0.3) is 0 Å². The highest BCUT2D eigenvalue weighted by atomic mass is 19.2. The van der Waals surface area contributed by atoms with Gasteiger partial charge in [0.2, 0.25) is 0 Å². The molecule has 0 aliphatic heterocycles. The van der Waals surface area contributed by atoms with Crippen LogP contribution in [0.3, 0.4) is 0 Å². The summed E-state index contributed by atoms with van der Waals surface area (Å²) < 4.78 is 64.1. The summed E-state index contributed by atoms with van der Waals surface area (Å²) in [7, 11) is 1.31. The minimum absolute atomic E-state index is 0.0236. The van der Waals surface area contributed by atoms with Gasteiger partial charge in [-0.1, -0.05) is 54.6 Å². The van der Waals surface area contributed by atoms with Crippen molar-refractivity contribution >= 4 is 21.5 Å². The van der Waals surface area contributed by atoms with Crippen molar-refractivity contribution in [1.29, 1.82) is 0 Å². The summed E-state index contributed by atoms with van der Waals surface area (Å²) in [6, 6.07) is 20.5. The minimum Gasteiger partial charge on any atom is -0.497 e. The van der Waals surface area contributed by atoms with Gasteiger partial charge in [-0.15, -0.1) is 0 Å². The van der Waals surface area contributed by atoms with Gasteiger partial charge in [-0.3, -0.25) is 0 Å². The van der Waals surface area contributed by atoms with Gasteiger partial charge in [-0.05, 0) is 44.8 Å². The lowest BCUT2D eigenvalue weighted by Gasteiger charge is -2.19. The van der Waals surface area contributed by atoms with E-state index in [1.54, 1.807) is 24.3 Å². The van der Waals surface area contributed by atoms with E-state index >= 15 is 8.78 Å². The maximum absolute atomic E-state index is 15.2. The van der Waals surface area contributed by atoms with Crippen molar-refractivity contribution in [2.24, 2.45) is 0 Å². The van der Waals surface area contributed by atoms with E-state index in [1.165, 1.54) is 7.11 Å². The van der Waals surface area contributed by atoms with Crippen LogP contribution in [0.2, 0.25) is 0 Å². The van der Waals surface area contributed by atoms with Gasteiger partial charge < -0.3 is 4.74 Å². The Bertz CT molecular complexity index is 1470. The molecule has 0 aromatic heterocycles. The highest BCUT2D eigenvalue weighted by molar-refractivity contribution is 6.21. The van der Waals surface area contributed by atoms with Crippen LogP contribution in [0.25, 0.3) is 43.8 Å². The van der Waals surface area contributed by atoms with Crippen molar-refractivity contribution in [2.75, 3.05) is 7.11 Å². The molecule has 0 fully saturated rings. The molecule has 5 aromatic rings. The van der Waals surface area contributed by atoms with Gasteiger partial charge in [0.05, 0.1) is 12.7 Å². The van der Waals surface area contributed by atoms with E-state index in [0.717, 1.165) is 29.8 Å². The van der Waals surface area contributed by atoms with Crippen molar-refractivity contribution in [3.05, 3.63) is 102 Å². The Morgan fingerprint density at radius 2 is 1.00 bits per heavy atom. The topological polar surface area (TPSA) is 9.23 Å². The summed E-state index contributed by atoms with van der Waals surface area (Å²) in [5.41, 5.74) is 1.28. The first kappa shape index (κ1) is 20.1. The fourth-order valence-corrected chi connectivity index (χ4v) is 4.26. The molecule has 0 N–H and O–H groups in total.